The van der Waals surface area contributed by atoms with Crippen molar-refractivity contribution in [1.29, 1.82) is 0 Å². The van der Waals surface area contributed by atoms with E-state index in [2.05, 4.69) is 10.3 Å². The predicted molar refractivity (Wildman–Crippen MR) is 127 cm³/mol. The Labute approximate surface area is 204 Å². The Morgan fingerprint density at radius 3 is 2.39 bits per heavy atom. The molecule has 0 radical (unpaired) electrons. The average Bonchev–Trinajstić information content (AvgIpc) is 3.15. The van der Waals surface area contributed by atoms with Crippen LogP contribution in [0.3, 0.4) is 0 Å². The Morgan fingerprint density at radius 1 is 1.06 bits per heavy atom. The van der Waals surface area contributed by atoms with Gasteiger partial charge >= 0.3 is 12.1 Å². The summed E-state index contributed by atoms with van der Waals surface area (Å²) < 4.78 is 65.1. The highest BCUT2D eigenvalue weighted by Gasteiger charge is 2.33. The summed E-state index contributed by atoms with van der Waals surface area (Å²) in [4.78, 5) is 15.8. The maximum atomic E-state index is 13.6. The lowest BCUT2D eigenvalue weighted by Crippen LogP contribution is -2.15. The Morgan fingerprint density at radius 2 is 1.75 bits per heavy atom. The van der Waals surface area contributed by atoms with Crippen LogP contribution in [-0.2, 0) is 29.2 Å². The third-order valence-corrected chi connectivity index (χ3v) is 6.52. The number of nitrogens with one attached hydrogen (secondary N) is 1. The lowest BCUT2D eigenvalue weighted by atomic mass is 10.1. The maximum absolute atomic E-state index is 13.6. The number of hydrogen-bond donors (Lipinski definition) is 3. The van der Waals surface area contributed by atoms with Crippen LogP contribution in [0.2, 0.25) is 0 Å². The molecule has 36 heavy (non-hydrogen) atoms. The smallest absolute Gasteiger partial charge is 0.416 e. The normalized spacial score (nSPS) is 12.1. The van der Waals surface area contributed by atoms with Gasteiger partial charge in [0.15, 0.2) is 0 Å². The van der Waals surface area contributed by atoms with Gasteiger partial charge in [0, 0.05) is 6.54 Å². The molecule has 0 unspecified atom stereocenters. The number of primary sulfonamides is 1. The number of carboxylic acids is 1. The second-order valence-electron chi connectivity index (χ2n) is 8.05. The number of aromatic carboxylic acids is 1. The highest BCUT2D eigenvalue weighted by atomic mass is 32.2. The zero-order valence-corrected chi connectivity index (χ0v) is 19.5. The maximum Gasteiger partial charge on any atom is 0.416 e. The standard InChI is InChI=1S/C24H21F3N4O4S/c25-24(26,27)19-4-2-1-3-17(19)14-31-21-10-7-16(22(32)33)13-20(21)30-23(31)29-12-11-15-5-8-18(9-6-15)36(28,34)35/h1-10,13H,11-12,14H2,(H,29,30)(H,32,33)(H2,28,34,35). The van der Waals surface area contributed by atoms with E-state index in [0.717, 1.165) is 11.6 Å². The average molecular weight is 519 g/mol. The van der Waals surface area contributed by atoms with Crippen molar-refractivity contribution in [2.75, 3.05) is 11.9 Å². The number of nitrogens with zero attached hydrogens (tertiary/aromatic N) is 2. The number of nitrogens with two attached hydrogens (primary N) is 1. The summed E-state index contributed by atoms with van der Waals surface area (Å²) >= 11 is 0. The third kappa shape index (κ3) is 5.50. The molecular weight excluding hydrogens is 497 g/mol. The van der Waals surface area contributed by atoms with Crippen LogP contribution in [0.15, 0.2) is 71.6 Å². The van der Waals surface area contributed by atoms with E-state index in [9.17, 15) is 31.5 Å². The largest absolute Gasteiger partial charge is 0.478 e. The molecule has 0 saturated heterocycles. The van der Waals surface area contributed by atoms with E-state index in [0.29, 0.717) is 24.0 Å². The van der Waals surface area contributed by atoms with Gasteiger partial charge in [0.25, 0.3) is 0 Å². The van der Waals surface area contributed by atoms with Crippen molar-refractivity contribution < 1.29 is 31.5 Å². The van der Waals surface area contributed by atoms with Crippen LogP contribution in [0.4, 0.5) is 19.1 Å². The van der Waals surface area contributed by atoms with Crippen molar-refractivity contribution in [1.82, 2.24) is 9.55 Å². The number of alkyl halides is 3. The molecule has 0 saturated carbocycles. The van der Waals surface area contributed by atoms with Gasteiger partial charge in [-0.15, -0.1) is 0 Å². The Kier molecular flexibility index (Phi) is 6.74. The molecule has 1 aromatic heterocycles. The van der Waals surface area contributed by atoms with Gasteiger partial charge in [0.1, 0.15) is 0 Å². The van der Waals surface area contributed by atoms with E-state index < -0.39 is 27.7 Å². The third-order valence-electron chi connectivity index (χ3n) is 5.60. The van der Waals surface area contributed by atoms with Crippen LogP contribution in [0.5, 0.6) is 0 Å². The van der Waals surface area contributed by atoms with Crippen molar-refractivity contribution >= 4 is 33.0 Å². The SMILES string of the molecule is NS(=O)(=O)c1ccc(CCNc2nc3cc(C(=O)O)ccc3n2Cc2ccccc2C(F)(F)F)cc1. The number of fused-ring (bicyclic) bond motifs is 1. The first-order valence-electron chi connectivity index (χ1n) is 10.7. The number of carboxylic acid groups (broad SMARTS) is 1. The molecule has 8 nitrogen and oxygen atoms in total. The molecule has 0 bridgehead atoms. The number of rotatable bonds is 8. The number of halogens is 3. The number of anilines is 1. The number of sulfonamides is 1. The molecule has 0 atom stereocenters. The molecule has 4 aromatic rings. The van der Waals surface area contributed by atoms with Gasteiger partial charge in [-0.1, -0.05) is 30.3 Å². The zero-order chi connectivity index (χ0) is 26.1. The van der Waals surface area contributed by atoms with Crippen molar-refractivity contribution in [3.8, 4) is 0 Å². The molecule has 0 fully saturated rings. The molecule has 188 valence electrons. The molecule has 1 heterocycles. The minimum absolute atomic E-state index is 0.00402. The van der Waals surface area contributed by atoms with Crippen molar-refractivity contribution in [3.05, 3.63) is 89.0 Å². The van der Waals surface area contributed by atoms with E-state index in [1.165, 1.54) is 48.5 Å². The van der Waals surface area contributed by atoms with E-state index in [4.69, 9.17) is 5.14 Å². The highest BCUT2D eigenvalue weighted by Crippen LogP contribution is 2.33. The van der Waals surface area contributed by atoms with Gasteiger partial charge in [0.05, 0.1) is 33.6 Å². The number of hydrogen-bond acceptors (Lipinski definition) is 5. The molecule has 0 spiro atoms. The lowest BCUT2D eigenvalue weighted by molar-refractivity contribution is -0.138. The molecule has 0 aliphatic carbocycles. The van der Waals surface area contributed by atoms with Crippen LogP contribution < -0.4 is 10.5 Å². The quantitative estimate of drug-likeness (QED) is 0.322. The fraction of sp³-hybridized carbons (Fsp3) is 0.167. The molecule has 12 heteroatoms. The summed E-state index contributed by atoms with van der Waals surface area (Å²) in [5.74, 6) is -0.878. The van der Waals surface area contributed by atoms with E-state index in [1.54, 1.807) is 16.7 Å². The van der Waals surface area contributed by atoms with E-state index in [-0.39, 0.29) is 28.5 Å². The van der Waals surface area contributed by atoms with Crippen LogP contribution >= 0.6 is 0 Å². The van der Waals surface area contributed by atoms with Crippen LogP contribution in [-0.4, -0.2) is 35.6 Å². The van der Waals surface area contributed by atoms with Gasteiger partial charge in [-0.05, 0) is 53.9 Å². The first-order valence-corrected chi connectivity index (χ1v) is 12.2. The molecule has 4 N–H and O–H groups in total. The van der Waals surface area contributed by atoms with Gasteiger partial charge < -0.3 is 15.0 Å². The molecular formula is C24H21F3N4O4S. The Hall–Kier alpha value is -3.90. The summed E-state index contributed by atoms with van der Waals surface area (Å²) in [6, 6.07) is 15.5. The van der Waals surface area contributed by atoms with E-state index >= 15 is 0 Å². The van der Waals surface area contributed by atoms with Crippen molar-refractivity contribution in [3.63, 3.8) is 0 Å². The monoisotopic (exact) mass is 518 g/mol. The van der Waals surface area contributed by atoms with Gasteiger partial charge in [-0.25, -0.2) is 23.3 Å². The first-order chi connectivity index (χ1) is 16.9. The van der Waals surface area contributed by atoms with Crippen LogP contribution in [0.1, 0.15) is 27.0 Å². The number of imidazole rings is 1. The second kappa shape index (κ2) is 9.63. The minimum Gasteiger partial charge on any atom is -0.478 e. The topological polar surface area (TPSA) is 127 Å². The van der Waals surface area contributed by atoms with Gasteiger partial charge in [0.2, 0.25) is 16.0 Å². The highest BCUT2D eigenvalue weighted by molar-refractivity contribution is 7.89. The lowest BCUT2D eigenvalue weighted by Gasteiger charge is -2.16. The summed E-state index contributed by atoms with van der Waals surface area (Å²) in [7, 11) is -3.81. The minimum atomic E-state index is -4.54. The zero-order valence-electron chi connectivity index (χ0n) is 18.7. The van der Waals surface area contributed by atoms with Crippen molar-refractivity contribution in [2.24, 2.45) is 5.14 Å². The predicted octanol–water partition coefficient (Wildman–Crippen LogP) is 4.10. The van der Waals surface area contributed by atoms with Crippen molar-refractivity contribution in [2.45, 2.75) is 24.0 Å². The molecule has 3 aromatic carbocycles. The van der Waals surface area contributed by atoms with Gasteiger partial charge in [-0.2, -0.15) is 13.2 Å². The van der Waals surface area contributed by atoms with Gasteiger partial charge in [-0.3, -0.25) is 0 Å². The number of carbonyl (C=O) groups is 1. The second-order valence-corrected chi connectivity index (χ2v) is 9.61. The molecule has 0 aliphatic rings. The van der Waals surface area contributed by atoms with Crippen LogP contribution in [0.25, 0.3) is 11.0 Å². The summed E-state index contributed by atoms with van der Waals surface area (Å²) in [6.07, 6.45) is -4.09. The fourth-order valence-corrected chi connectivity index (χ4v) is 4.34. The van der Waals surface area contributed by atoms with Crippen LogP contribution in [0, 0.1) is 0 Å². The molecule has 0 amide bonds. The molecule has 0 aliphatic heterocycles. The summed E-state index contributed by atoms with van der Waals surface area (Å²) in [5, 5.41) is 17.5. The molecule has 4 rings (SSSR count). The Bertz CT molecular complexity index is 1530. The first kappa shape index (κ1) is 25.2. The summed E-state index contributed by atoms with van der Waals surface area (Å²) in [5.41, 5.74) is 0.858. The summed E-state index contributed by atoms with van der Waals surface area (Å²) in [6.45, 7) is 0.175. The fourth-order valence-electron chi connectivity index (χ4n) is 3.83. The number of aromatic nitrogens is 2. The number of benzene rings is 3. The Balaban J connectivity index is 1.64. The van der Waals surface area contributed by atoms with E-state index in [1.807, 2.05) is 0 Å².